The fraction of sp³-hybridized carbons (Fsp3) is 0.0588. The minimum absolute atomic E-state index is 0.0228. The molecule has 0 aliphatic rings. The summed E-state index contributed by atoms with van der Waals surface area (Å²) < 4.78 is 24.8. The zero-order valence-corrected chi connectivity index (χ0v) is 16.5. The van der Waals surface area contributed by atoms with Crippen LogP contribution < -0.4 is 10.5 Å². The molecule has 2 aromatic carbocycles. The number of rotatable bonds is 5. The van der Waals surface area contributed by atoms with Gasteiger partial charge in [-0.1, -0.05) is 23.4 Å². The Hall–Kier alpha value is -2.33. The van der Waals surface area contributed by atoms with Gasteiger partial charge in [0, 0.05) is 30.0 Å². The van der Waals surface area contributed by atoms with Crippen LogP contribution in [0.3, 0.4) is 0 Å². The molecule has 0 atom stereocenters. The molecule has 7 nitrogen and oxygen atoms in total. The Balaban J connectivity index is 1.76. The molecule has 0 saturated heterocycles. The standard InChI is InChI=1S/C17H15ClN4O3S2/c1-22-9-8-20-17(22)26-12-4-2-11(3-5-12)21-16(23)14-10-13(27(19,24)25)6-7-15(14)18/h2-10H,1H3,(H,21,23)(H2,19,24,25). The topological polar surface area (TPSA) is 107 Å². The number of sulfonamides is 1. The summed E-state index contributed by atoms with van der Waals surface area (Å²) in [5.74, 6) is -0.532. The summed E-state index contributed by atoms with van der Waals surface area (Å²) in [5, 5.41) is 8.76. The number of nitrogens with two attached hydrogens (primary N) is 1. The number of imidazole rings is 1. The molecule has 0 unspecified atom stereocenters. The summed E-state index contributed by atoms with van der Waals surface area (Å²) in [6.07, 6.45) is 3.58. The number of hydrogen-bond acceptors (Lipinski definition) is 5. The van der Waals surface area contributed by atoms with Gasteiger partial charge in [0.25, 0.3) is 5.91 Å². The molecule has 140 valence electrons. The van der Waals surface area contributed by atoms with Crippen molar-refractivity contribution in [3.05, 3.63) is 65.4 Å². The van der Waals surface area contributed by atoms with Gasteiger partial charge in [-0.3, -0.25) is 4.79 Å². The largest absolute Gasteiger partial charge is 0.329 e. The van der Waals surface area contributed by atoms with Gasteiger partial charge in [0.2, 0.25) is 10.0 Å². The van der Waals surface area contributed by atoms with Gasteiger partial charge < -0.3 is 9.88 Å². The number of anilines is 1. The molecule has 1 heterocycles. The second-order valence-corrected chi connectivity index (χ2v) is 8.60. The Labute approximate surface area is 165 Å². The van der Waals surface area contributed by atoms with Crippen molar-refractivity contribution in [1.29, 1.82) is 0 Å². The minimum Gasteiger partial charge on any atom is -0.329 e. The number of aromatic nitrogens is 2. The third-order valence-corrected chi connectivity index (χ3v) is 5.93. The first-order chi connectivity index (χ1) is 12.7. The highest BCUT2D eigenvalue weighted by Gasteiger charge is 2.16. The molecule has 0 saturated carbocycles. The summed E-state index contributed by atoms with van der Waals surface area (Å²) in [6, 6.07) is 10.9. The van der Waals surface area contributed by atoms with Gasteiger partial charge in [0.15, 0.2) is 5.16 Å². The molecular weight excluding hydrogens is 408 g/mol. The fourth-order valence-corrected chi connectivity index (χ4v) is 3.76. The van der Waals surface area contributed by atoms with E-state index < -0.39 is 15.9 Å². The van der Waals surface area contributed by atoms with Gasteiger partial charge in [-0.2, -0.15) is 0 Å². The van der Waals surface area contributed by atoms with Crippen molar-refractivity contribution >= 4 is 45.0 Å². The van der Waals surface area contributed by atoms with E-state index >= 15 is 0 Å². The molecule has 3 N–H and O–H groups in total. The van der Waals surface area contributed by atoms with E-state index in [0.29, 0.717) is 5.69 Å². The fourth-order valence-electron chi connectivity index (χ4n) is 2.22. The molecule has 0 bridgehead atoms. The lowest BCUT2D eigenvalue weighted by Gasteiger charge is -2.09. The molecule has 0 aliphatic carbocycles. The van der Waals surface area contributed by atoms with Crippen LogP contribution in [-0.2, 0) is 17.1 Å². The van der Waals surface area contributed by atoms with Crippen LogP contribution in [0.15, 0.2) is 69.8 Å². The van der Waals surface area contributed by atoms with Crippen molar-refractivity contribution < 1.29 is 13.2 Å². The van der Waals surface area contributed by atoms with E-state index in [-0.39, 0.29) is 15.5 Å². The molecule has 0 spiro atoms. The predicted octanol–water partition coefficient (Wildman–Crippen LogP) is 3.12. The highest BCUT2D eigenvalue weighted by atomic mass is 35.5. The summed E-state index contributed by atoms with van der Waals surface area (Å²) in [7, 11) is -2.03. The maximum atomic E-state index is 12.5. The number of carbonyl (C=O) groups excluding carboxylic acids is 1. The third-order valence-electron chi connectivity index (χ3n) is 3.61. The molecule has 1 amide bonds. The van der Waals surface area contributed by atoms with Crippen LogP contribution in [0.1, 0.15) is 10.4 Å². The van der Waals surface area contributed by atoms with Crippen molar-refractivity contribution in [2.75, 3.05) is 5.32 Å². The molecule has 0 fully saturated rings. The van der Waals surface area contributed by atoms with Crippen molar-refractivity contribution in [2.45, 2.75) is 14.9 Å². The van der Waals surface area contributed by atoms with Gasteiger partial charge in [-0.15, -0.1) is 0 Å². The van der Waals surface area contributed by atoms with Crippen molar-refractivity contribution in [3.63, 3.8) is 0 Å². The number of primary sulfonamides is 1. The average Bonchev–Trinajstić information content (AvgIpc) is 3.00. The number of carbonyl (C=O) groups is 1. The zero-order chi connectivity index (χ0) is 19.6. The first kappa shape index (κ1) is 19.4. The molecule has 27 heavy (non-hydrogen) atoms. The quantitative estimate of drug-likeness (QED) is 0.656. The van der Waals surface area contributed by atoms with E-state index in [1.54, 1.807) is 18.3 Å². The van der Waals surface area contributed by atoms with Crippen LogP contribution in [0.25, 0.3) is 0 Å². The van der Waals surface area contributed by atoms with Crippen LogP contribution in [0.4, 0.5) is 5.69 Å². The van der Waals surface area contributed by atoms with E-state index in [1.807, 2.05) is 29.9 Å². The van der Waals surface area contributed by atoms with Gasteiger partial charge >= 0.3 is 0 Å². The second-order valence-electron chi connectivity index (χ2n) is 5.59. The molecule has 10 heteroatoms. The van der Waals surface area contributed by atoms with Gasteiger partial charge in [0.1, 0.15) is 0 Å². The number of hydrogen-bond donors (Lipinski definition) is 2. The SMILES string of the molecule is Cn1ccnc1Sc1ccc(NC(=O)c2cc(S(N)(=O)=O)ccc2Cl)cc1. The third kappa shape index (κ3) is 4.69. The van der Waals surface area contributed by atoms with E-state index in [1.165, 1.54) is 23.9 Å². The normalized spacial score (nSPS) is 11.4. The van der Waals surface area contributed by atoms with Crippen LogP contribution in [0.5, 0.6) is 0 Å². The number of aryl methyl sites for hydroxylation is 1. The molecule has 3 rings (SSSR count). The monoisotopic (exact) mass is 422 g/mol. The van der Waals surface area contributed by atoms with Crippen molar-refractivity contribution in [3.8, 4) is 0 Å². The molecule has 0 aliphatic heterocycles. The van der Waals surface area contributed by atoms with Gasteiger partial charge in [0.05, 0.1) is 15.5 Å². The summed E-state index contributed by atoms with van der Waals surface area (Å²) in [6.45, 7) is 0. The maximum absolute atomic E-state index is 12.5. The lowest BCUT2D eigenvalue weighted by Crippen LogP contribution is -2.16. The molecule has 1 aromatic heterocycles. The van der Waals surface area contributed by atoms with E-state index in [2.05, 4.69) is 10.3 Å². The van der Waals surface area contributed by atoms with Crippen LogP contribution in [0, 0.1) is 0 Å². The number of amides is 1. The average molecular weight is 423 g/mol. The summed E-state index contributed by atoms with van der Waals surface area (Å²) in [4.78, 5) is 17.5. The first-order valence-electron chi connectivity index (χ1n) is 7.63. The maximum Gasteiger partial charge on any atom is 0.257 e. The highest BCUT2D eigenvalue weighted by molar-refractivity contribution is 7.99. The molecular formula is C17H15ClN4O3S2. The Morgan fingerprint density at radius 3 is 2.52 bits per heavy atom. The van der Waals surface area contributed by atoms with Crippen LogP contribution in [0.2, 0.25) is 5.02 Å². The predicted molar refractivity (Wildman–Crippen MR) is 105 cm³/mol. The second kappa shape index (κ2) is 7.73. The van der Waals surface area contributed by atoms with Crippen molar-refractivity contribution in [1.82, 2.24) is 9.55 Å². The minimum atomic E-state index is -3.93. The number of benzene rings is 2. The zero-order valence-electron chi connectivity index (χ0n) is 14.1. The summed E-state index contributed by atoms with van der Waals surface area (Å²) >= 11 is 7.51. The van der Waals surface area contributed by atoms with Crippen molar-refractivity contribution in [2.24, 2.45) is 12.2 Å². The Morgan fingerprint density at radius 1 is 1.22 bits per heavy atom. The lowest BCUT2D eigenvalue weighted by molar-refractivity contribution is 0.102. The van der Waals surface area contributed by atoms with Gasteiger partial charge in [-0.05, 0) is 42.5 Å². The summed E-state index contributed by atoms with van der Waals surface area (Å²) in [5.41, 5.74) is 0.566. The number of halogens is 1. The molecule has 3 aromatic rings. The van der Waals surface area contributed by atoms with Crippen LogP contribution in [-0.4, -0.2) is 23.9 Å². The highest BCUT2D eigenvalue weighted by Crippen LogP contribution is 2.27. The Kier molecular flexibility index (Phi) is 5.56. The smallest absolute Gasteiger partial charge is 0.257 e. The molecule has 0 radical (unpaired) electrons. The first-order valence-corrected chi connectivity index (χ1v) is 10.4. The Morgan fingerprint density at radius 2 is 1.93 bits per heavy atom. The van der Waals surface area contributed by atoms with E-state index in [0.717, 1.165) is 16.1 Å². The van der Waals surface area contributed by atoms with Crippen LogP contribution >= 0.6 is 23.4 Å². The Bertz CT molecular complexity index is 1100. The van der Waals surface area contributed by atoms with E-state index in [4.69, 9.17) is 16.7 Å². The van der Waals surface area contributed by atoms with Gasteiger partial charge in [-0.25, -0.2) is 18.5 Å². The number of nitrogens with zero attached hydrogens (tertiary/aromatic N) is 2. The lowest BCUT2D eigenvalue weighted by atomic mass is 10.2. The number of nitrogens with one attached hydrogen (secondary N) is 1. The van der Waals surface area contributed by atoms with E-state index in [9.17, 15) is 13.2 Å².